The molecule has 2 saturated heterocycles. The maximum absolute atomic E-state index is 14.1. The first kappa shape index (κ1) is 56.8. The minimum Gasteiger partial charge on any atom is -0.462 e. The summed E-state index contributed by atoms with van der Waals surface area (Å²) in [6, 6.07) is 7.61. The Morgan fingerprint density at radius 3 is 1.83 bits per heavy atom. The predicted octanol–water partition coefficient (Wildman–Crippen LogP) is 13.5. The minimum absolute atomic E-state index is 0.0818. The van der Waals surface area contributed by atoms with Crippen molar-refractivity contribution in [2.24, 2.45) is 0 Å². The number of carbonyl (C=O) groups is 3. The number of hydrogen-bond acceptors (Lipinski definition) is 11. The van der Waals surface area contributed by atoms with Gasteiger partial charge in [-0.3, -0.25) is 15.0 Å². The Hall–Kier alpha value is -1.48. The minimum atomic E-state index is -2.33. The molecule has 2 N–H and O–H groups in total. The van der Waals surface area contributed by atoms with Crippen LogP contribution in [-0.2, 0) is 42.7 Å². The van der Waals surface area contributed by atoms with Crippen LogP contribution in [0.5, 0.6) is 0 Å². The first-order valence-electron chi connectivity index (χ1n) is 23.3. The third kappa shape index (κ3) is 23.5. The van der Waals surface area contributed by atoms with Crippen molar-refractivity contribution in [1.82, 2.24) is 5.32 Å². The van der Waals surface area contributed by atoms with Crippen molar-refractivity contribution in [3.05, 3.63) is 35.9 Å². The second kappa shape index (κ2) is 31.5. The van der Waals surface area contributed by atoms with E-state index in [0.717, 1.165) is 44.9 Å². The number of ether oxygens (including phenoxy) is 7. The van der Waals surface area contributed by atoms with Gasteiger partial charge in [0, 0.05) is 12.0 Å². The average Bonchev–Trinajstić information content (AvgIpc) is 3.24. The van der Waals surface area contributed by atoms with E-state index in [1.165, 1.54) is 77.0 Å². The van der Waals surface area contributed by atoms with Crippen molar-refractivity contribution in [3.8, 4) is 0 Å². The number of hydrogen-bond donors (Lipinski definition) is 2. The van der Waals surface area contributed by atoms with Gasteiger partial charge < -0.3 is 38.5 Å². The Labute approximate surface area is 410 Å². The third-order valence-electron chi connectivity index (χ3n) is 11.1. The quantitative estimate of drug-likeness (QED) is 0.0190. The molecule has 1 aromatic carbocycles. The fourth-order valence-corrected chi connectivity index (χ4v) is 8.00. The molecule has 366 valence electrons. The summed E-state index contributed by atoms with van der Waals surface area (Å²) in [7, 11) is 0. The van der Waals surface area contributed by atoms with E-state index >= 15 is 0 Å². The van der Waals surface area contributed by atoms with Crippen LogP contribution >= 0.6 is 69.6 Å². The zero-order chi connectivity index (χ0) is 46.8. The number of alkyl halides is 6. The second-order valence-corrected chi connectivity index (χ2v) is 21.5. The van der Waals surface area contributed by atoms with E-state index in [-0.39, 0.29) is 25.4 Å². The molecule has 2 fully saturated rings. The summed E-state index contributed by atoms with van der Waals surface area (Å²) < 4.78 is 37.2. The normalized spacial score (nSPS) is 21.6. The lowest BCUT2D eigenvalue weighted by Gasteiger charge is -2.48. The Kier molecular flexibility index (Phi) is 28.0. The number of rotatable bonds is 30. The van der Waals surface area contributed by atoms with Gasteiger partial charge in [0.15, 0.2) is 12.4 Å². The summed E-state index contributed by atoms with van der Waals surface area (Å²) in [4.78, 5) is 40.6. The third-order valence-corrected chi connectivity index (χ3v) is 12.0. The number of amides is 1. The van der Waals surface area contributed by atoms with Gasteiger partial charge in [-0.1, -0.05) is 229 Å². The van der Waals surface area contributed by atoms with Crippen molar-refractivity contribution >= 4 is 93.5 Å². The molecular formula is C46H70Cl6N2O10. The molecule has 12 nitrogen and oxygen atoms in total. The fraction of sp³-hybridized carbons (Fsp3) is 0.783. The number of benzene rings is 1. The van der Waals surface area contributed by atoms with E-state index in [1.54, 1.807) is 12.1 Å². The fourth-order valence-electron chi connectivity index (χ4n) is 7.70. The van der Waals surface area contributed by atoms with E-state index in [0.29, 0.717) is 18.4 Å². The van der Waals surface area contributed by atoms with Gasteiger partial charge in [0.1, 0.15) is 31.0 Å². The van der Waals surface area contributed by atoms with Crippen LogP contribution in [0.25, 0.3) is 0 Å². The smallest absolute Gasteiger partial charge is 0.407 e. The maximum Gasteiger partial charge on any atom is 0.407 e. The molecule has 2 aliphatic rings. The lowest BCUT2D eigenvalue weighted by molar-refractivity contribution is -0.336. The van der Waals surface area contributed by atoms with Crippen molar-refractivity contribution in [3.63, 3.8) is 0 Å². The summed E-state index contributed by atoms with van der Waals surface area (Å²) in [5.74, 6) is -1.97. The molecule has 3 rings (SSSR count). The molecule has 2 heterocycles. The first-order chi connectivity index (χ1) is 30.6. The number of unbranched alkanes of at least 4 members (excludes halogenated alkanes) is 18. The SMILES string of the molecule is CCCCCCCCCCCCCC(=O)OC(CCCCCCCCCCC)CC(=O)O[C@@H]1[C@@H](NC(=O)OCC(Cl)(Cl)Cl)[C@@H](OC(=N)C(Cl)(Cl)Cl)O[C@@H]2CO[C@@H](c3ccccc3)O[C@@H]12. The number of nitrogens with one attached hydrogen (secondary N) is 2. The summed E-state index contributed by atoms with van der Waals surface area (Å²) in [6.45, 7) is 3.70. The monoisotopic (exact) mass is 1020 g/mol. The Balaban J connectivity index is 1.77. The number of esters is 2. The van der Waals surface area contributed by atoms with Gasteiger partial charge in [-0.2, -0.15) is 0 Å². The Bertz CT molecular complexity index is 1490. The summed E-state index contributed by atoms with van der Waals surface area (Å²) in [5, 5.41) is 10.9. The zero-order valence-corrected chi connectivity index (χ0v) is 42.0. The maximum atomic E-state index is 14.1. The summed E-state index contributed by atoms with van der Waals surface area (Å²) in [6.07, 6.45) is 15.2. The highest BCUT2D eigenvalue weighted by Gasteiger charge is 2.54. The van der Waals surface area contributed by atoms with Crippen LogP contribution in [0.15, 0.2) is 30.3 Å². The van der Waals surface area contributed by atoms with Crippen LogP contribution in [0.1, 0.15) is 173 Å². The molecule has 0 bridgehead atoms. The lowest BCUT2D eigenvalue weighted by Crippen LogP contribution is -2.68. The van der Waals surface area contributed by atoms with E-state index in [2.05, 4.69) is 19.2 Å². The van der Waals surface area contributed by atoms with Crippen LogP contribution in [0.3, 0.4) is 0 Å². The average molecular weight is 1020 g/mol. The molecule has 0 saturated carbocycles. The summed E-state index contributed by atoms with van der Waals surface area (Å²) >= 11 is 35.4. The number of alkyl carbamates (subject to hydrolysis) is 1. The predicted molar refractivity (Wildman–Crippen MR) is 254 cm³/mol. The Morgan fingerprint density at radius 2 is 1.28 bits per heavy atom. The highest BCUT2D eigenvalue weighted by molar-refractivity contribution is 6.76. The van der Waals surface area contributed by atoms with Gasteiger partial charge in [-0.25, -0.2) is 4.79 Å². The van der Waals surface area contributed by atoms with E-state index in [9.17, 15) is 14.4 Å². The number of halogens is 6. The van der Waals surface area contributed by atoms with E-state index < -0.39 is 75.2 Å². The van der Waals surface area contributed by atoms with Gasteiger partial charge in [0.05, 0.1) is 13.0 Å². The van der Waals surface area contributed by atoms with Crippen molar-refractivity contribution in [1.29, 1.82) is 5.41 Å². The molecule has 18 heteroatoms. The van der Waals surface area contributed by atoms with Gasteiger partial charge in [-0.05, 0) is 19.3 Å². The Morgan fingerprint density at radius 1 is 0.734 bits per heavy atom. The molecule has 64 heavy (non-hydrogen) atoms. The van der Waals surface area contributed by atoms with Crippen LogP contribution < -0.4 is 5.32 Å². The standard InChI is InChI=1S/C46H70Cl6N2O10/c1-3-5-7-9-11-13-14-16-18-20-25-29-36(55)60-34(28-24-19-17-15-12-10-8-6-4-2)30-37(56)62-40-38(54-44(57)59-32-45(47,48)49)42(64-43(53)46(50,51)52)61-35-31-58-41(63-39(35)40)33-26-22-21-23-27-33/h21-23,26-27,34-35,38-42,53H,3-20,24-25,28-32H2,1-2H3,(H,54,57)/t34?,35-,38-,39-,40-,41-,42-/m1/s1. The zero-order valence-electron chi connectivity index (χ0n) is 37.5. The van der Waals surface area contributed by atoms with Crippen molar-refractivity contribution in [2.45, 2.75) is 212 Å². The van der Waals surface area contributed by atoms with Gasteiger partial charge in [0.2, 0.25) is 16.0 Å². The van der Waals surface area contributed by atoms with Gasteiger partial charge >= 0.3 is 18.0 Å². The first-order valence-corrected chi connectivity index (χ1v) is 25.6. The highest BCUT2D eigenvalue weighted by Crippen LogP contribution is 2.38. The molecule has 1 amide bonds. The molecular weight excluding hydrogens is 953 g/mol. The topological polar surface area (TPSA) is 152 Å². The van der Waals surface area contributed by atoms with Gasteiger partial charge in [0.25, 0.3) is 3.79 Å². The molecule has 0 spiro atoms. The largest absolute Gasteiger partial charge is 0.462 e. The second-order valence-electron chi connectivity index (χ2n) is 16.7. The molecule has 0 aromatic heterocycles. The van der Waals surface area contributed by atoms with Crippen LogP contribution in [0.2, 0.25) is 0 Å². The van der Waals surface area contributed by atoms with Crippen molar-refractivity contribution < 1.29 is 47.5 Å². The van der Waals surface area contributed by atoms with Gasteiger partial charge in [-0.15, -0.1) is 0 Å². The molecule has 1 aromatic rings. The molecule has 0 radical (unpaired) electrons. The van der Waals surface area contributed by atoms with E-state index in [4.69, 9.17) is 108 Å². The molecule has 0 aliphatic carbocycles. The molecule has 7 atom stereocenters. The van der Waals surface area contributed by atoms with Crippen molar-refractivity contribution in [2.75, 3.05) is 13.2 Å². The van der Waals surface area contributed by atoms with Crippen LogP contribution in [0.4, 0.5) is 4.79 Å². The van der Waals surface area contributed by atoms with E-state index in [1.807, 2.05) is 18.2 Å². The number of fused-ring (bicyclic) bond motifs is 1. The molecule has 1 unspecified atom stereocenters. The summed E-state index contributed by atoms with van der Waals surface area (Å²) in [5.41, 5.74) is 0.666. The highest BCUT2D eigenvalue weighted by atomic mass is 35.6. The lowest BCUT2D eigenvalue weighted by atomic mass is 9.95. The molecule has 2 aliphatic heterocycles. The van der Waals surface area contributed by atoms with Crippen LogP contribution in [0, 0.1) is 5.41 Å². The van der Waals surface area contributed by atoms with Crippen LogP contribution in [-0.4, -0.2) is 81.5 Å². The number of carbonyl (C=O) groups excluding carboxylic acids is 3.